The second kappa shape index (κ2) is 7.98. The standard InChI is InChI=1S/C32H22N8.O.Sn/c1-2-10-18-17(9-1)25-33-26(18)38-28-21-13-5-6-14-22(21)30(35-28)40-32-24-16-8-7-15-23(24)31(36-32)39-29-20-12-4-3-11-19(20)27(34-29)37-25;;/h1-16,33,36-40H;;/q-2;;+2. The molecule has 9 nitrogen and oxygen atoms in total. The summed E-state index contributed by atoms with van der Waals surface area (Å²) < 4.78 is 19.4. The molecule has 2 aliphatic heterocycles. The van der Waals surface area contributed by atoms with Crippen LogP contribution in [0, 0.1) is 0 Å². The first-order valence-corrected chi connectivity index (χ1v) is 17.6. The van der Waals surface area contributed by atoms with Crippen molar-refractivity contribution in [3.63, 3.8) is 0 Å². The van der Waals surface area contributed by atoms with Gasteiger partial charge in [0, 0.05) is 0 Å². The molecule has 10 heteroatoms. The summed E-state index contributed by atoms with van der Waals surface area (Å²) in [7, 11) is 0. The number of nitrogens with zero attached hydrogens (tertiary/aromatic N) is 2. The van der Waals surface area contributed by atoms with Gasteiger partial charge in [0.05, 0.1) is 0 Å². The Morgan fingerprint density at radius 2 is 0.619 bits per heavy atom. The van der Waals surface area contributed by atoms with Crippen molar-refractivity contribution in [2.24, 2.45) is 0 Å². The van der Waals surface area contributed by atoms with E-state index in [1.807, 2.05) is 54.1 Å². The Balaban J connectivity index is 1.43. The van der Waals surface area contributed by atoms with Crippen LogP contribution in [0.5, 0.6) is 0 Å². The molecule has 10 rings (SSSR count). The number of nitrogens with one attached hydrogen (secondary N) is 6. The minimum atomic E-state index is -4.08. The molecule has 6 bridgehead atoms. The van der Waals surface area contributed by atoms with Crippen LogP contribution in [0.25, 0.3) is 43.1 Å². The molecule has 200 valence electrons. The Kier molecular flexibility index (Phi) is 4.28. The Morgan fingerprint density at radius 1 is 0.381 bits per heavy atom. The van der Waals surface area contributed by atoms with E-state index in [9.17, 15) is 0 Å². The van der Waals surface area contributed by atoms with E-state index in [4.69, 9.17) is 0 Å². The Bertz CT molecular complexity index is 2140. The van der Waals surface area contributed by atoms with Gasteiger partial charge < -0.3 is 0 Å². The van der Waals surface area contributed by atoms with Crippen molar-refractivity contribution in [2.75, 3.05) is 21.3 Å². The quantitative estimate of drug-likeness (QED) is 0.0932. The molecule has 2 aliphatic rings. The maximum atomic E-state index is 15.4. The van der Waals surface area contributed by atoms with Crippen LogP contribution in [0.1, 0.15) is 0 Å². The third kappa shape index (κ3) is 2.82. The number of H-pyrrole nitrogens is 2. The molecule has 0 fully saturated rings. The van der Waals surface area contributed by atoms with E-state index in [0.717, 1.165) is 89.6 Å². The molecule has 0 unspecified atom stereocenters. The van der Waals surface area contributed by atoms with Gasteiger partial charge in [-0.05, 0) is 0 Å². The average Bonchev–Trinajstić information content (AvgIpc) is 3.74. The summed E-state index contributed by atoms with van der Waals surface area (Å²) in [6.07, 6.45) is 0. The molecular weight excluding hydrogens is 631 g/mol. The van der Waals surface area contributed by atoms with E-state index in [0.29, 0.717) is 0 Å². The fourth-order valence-electron chi connectivity index (χ4n) is 6.70. The molecular formula is C32H22N8OSn. The van der Waals surface area contributed by atoms with Gasteiger partial charge in [-0.25, -0.2) is 0 Å². The predicted molar refractivity (Wildman–Crippen MR) is 171 cm³/mol. The number of rotatable bonds is 0. The van der Waals surface area contributed by atoms with Crippen molar-refractivity contribution >= 4 is 110 Å². The minimum absolute atomic E-state index is 0.796. The van der Waals surface area contributed by atoms with E-state index in [2.05, 4.69) is 79.8 Å². The van der Waals surface area contributed by atoms with Crippen LogP contribution in [-0.2, 0) is 3.08 Å². The molecule has 0 radical (unpaired) electrons. The van der Waals surface area contributed by atoms with Crippen molar-refractivity contribution in [2.45, 2.75) is 0 Å². The molecule has 0 saturated heterocycles. The van der Waals surface area contributed by atoms with Crippen molar-refractivity contribution < 1.29 is 3.08 Å². The van der Waals surface area contributed by atoms with E-state index in [1.165, 1.54) is 0 Å². The molecule has 4 aromatic heterocycles. The molecule has 8 aromatic rings. The average molecular weight is 653 g/mol. The van der Waals surface area contributed by atoms with Gasteiger partial charge in [0.25, 0.3) is 0 Å². The number of aromatic nitrogens is 4. The maximum absolute atomic E-state index is 15.4. The fourth-order valence-corrected chi connectivity index (χ4v) is 11.5. The van der Waals surface area contributed by atoms with Gasteiger partial charge in [0.1, 0.15) is 0 Å². The third-order valence-corrected chi connectivity index (χ3v) is 13.3. The zero-order chi connectivity index (χ0) is 27.5. The van der Waals surface area contributed by atoms with Gasteiger partial charge in [-0.3, -0.25) is 0 Å². The van der Waals surface area contributed by atoms with Gasteiger partial charge in [0.2, 0.25) is 0 Å². The summed E-state index contributed by atoms with van der Waals surface area (Å²) in [4.78, 5) is 7.24. The fraction of sp³-hybridized carbons (Fsp3) is 0. The Labute approximate surface area is 246 Å². The van der Waals surface area contributed by atoms with Crippen LogP contribution in [0.4, 0.5) is 46.5 Å². The number of fused-ring (bicyclic) bond motifs is 16. The first kappa shape index (κ1) is 22.5. The summed E-state index contributed by atoms with van der Waals surface area (Å²) in [5.74, 6) is 6.58. The van der Waals surface area contributed by atoms with Crippen LogP contribution >= 0.6 is 0 Å². The van der Waals surface area contributed by atoms with Gasteiger partial charge in [0.15, 0.2) is 0 Å². The number of aromatic amines is 2. The van der Waals surface area contributed by atoms with Crippen LogP contribution in [-0.4, -0.2) is 35.8 Å². The van der Waals surface area contributed by atoms with Crippen molar-refractivity contribution in [1.82, 2.24) is 15.5 Å². The normalized spacial score (nSPS) is 13.6. The van der Waals surface area contributed by atoms with E-state index in [-0.39, 0.29) is 0 Å². The van der Waals surface area contributed by atoms with E-state index in [1.54, 1.807) is 0 Å². The first-order valence-electron chi connectivity index (χ1n) is 13.9. The number of hydrogen-bond donors (Lipinski definition) is 6. The zero-order valence-corrected chi connectivity index (χ0v) is 24.9. The first-order chi connectivity index (χ1) is 20.7. The number of hydrogen-bond acceptors (Lipinski definition) is 5. The third-order valence-electron chi connectivity index (χ3n) is 8.56. The Morgan fingerprint density at radius 3 is 0.881 bits per heavy atom. The Hall–Kier alpha value is -5.16. The molecule has 6 N–H and O–H groups in total. The van der Waals surface area contributed by atoms with Crippen LogP contribution in [0.15, 0.2) is 97.1 Å². The van der Waals surface area contributed by atoms with Crippen LogP contribution in [0.2, 0.25) is 0 Å². The number of anilines is 8. The number of benzene rings is 4. The predicted octanol–water partition coefficient (Wildman–Crippen LogP) is 7.97. The van der Waals surface area contributed by atoms with Crippen molar-refractivity contribution in [1.29, 1.82) is 0 Å². The van der Waals surface area contributed by atoms with Gasteiger partial charge in [-0.2, -0.15) is 0 Å². The second-order valence-corrected chi connectivity index (χ2v) is 14.9. The summed E-state index contributed by atoms with van der Waals surface area (Å²) in [6, 6.07) is 33.1. The summed E-state index contributed by atoms with van der Waals surface area (Å²) in [6.45, 7) is 0. The summed E-state index contributed by atoms with van der Waals surface area (Å²) in [5.41, 5.74) is 0. The van der Waals surface area contributed by atoms with Gasteiger partial charge >= 0.3 is 247 Å². The molecule has 0 spiro atoms. The van der Waals surface area contributed by atoms with Crippen molar-refractivity contribution in [3.8, 4) is 0 Å². The van der Waals surface area contributed by atoms with Gasteiger partial charge in [-0.15, -0.1) is 0 Å². The van der Waals surface area contributed by atoms with Gasteiger partial charge in [-0.1, -0.05) is 0 Å². The summed E-state index contributed by atoms with van der Waals surface area (Å²) >= 11 is -4.08. The van der Waals surface area contributed by atoms with E-state index >= 15 is 3.08 Å². The van der Waals surface area contributed by atoms with Crippen LogP contribution < -0.4 is 21.3 Å². The molecule has 4 aromatic carbocycles. The zero-order valence-electron chi connectivity index (χ0n) is 22.0. The molecule has 6 heterocycles. The molecule has 0 amide bonds. The second-order valence-electron chi connectivity index (χ2n) is 10.8. The van der Waals surface area contributed by atoms with Crippen LogP contribution in [0.3, 0.4) is 0 Å². The topological polar surface area (TPSA) is 107 Å². The molecule has 0 atom stereocenters. The van der Waals surface area contributed by atoms with E-state index < -0.39 is 20.3 Å². The monoisotopic (exact) mass is 654 g/mol. The molecule has 0 saturated carbocycles. The van der Waals surface area contributed by atoms with Crippen molar-refractivity contribution in [3.05, 3.63) is 97.1 Å². The SMILES string of the molecule is [O]=[Sn]1[n]2c3c4ccccc4c2Nc2[nH]c(c4ccccc24)Nc2c4ccccc4c([n]21)Nc1[nH]c(c2ccccc12)N3. The summed E-state index contributed by atoms with van der Waals surface area (Å²) in [5, 5.41) is 23.0. The molecule has 0 aliphatic carbocycles. The molecule has 42 heavy (non-hydrogen) atoms.